The highest BCUT2D eigenvalue weighted by Gasteiger charge is 2.06. The standard InChI is InChI=1S/C17H22N2S/c1-5-18-14(4)15-8-9-17(19-11-15)20-16-10-12(2)6-7-13(16)3/h6-11,14,18H,5H2,1-4H3. The molecular weight excluding hydrogens is 264 g/mol. The Balaban J connectivity index is 2.12. The molecule has 20 heavy (non-hydrogen) atoms. The third-order valence-electron chi connectivity index (χ3n) is 3.33. The van der Waals surface area contributed by atoms with E-state index in [0.717, 1.165) is 11.6 Å². The number of hydrogen-bond donors (Lipinski definition) is 1. The number of benzene rings is 1. The van der Waals surface area contributed by atoms with Crippen LogP contribution in [0.5, 0.6) is 0 Å². The summed E-state index contributed by atoms with van der Waals surface area (Å²) in [6, 6.07) is 11.2. The first-order chi connectivity index (χ1) is 9.60. The topological polar surface area (TPSA) is 24.9 Å². The van der Waals surface area contributed by atoms with Gasteiger partial charge in [0.15, 0.2) is 0 Å². The third kappa shape index (κ3) is 3.84. The summed E-state index contributed by atoms with van der Waals surface area (Å²) >= 11 is 1.73. The van der Waals surface area contributed by atoms with Crippen LogP contribution >= 0.6 is 11.8 Å². The molecule has 0 radical (unpaired) electrons. The van der Waals surface area contributed by atoms with Crippen LogP contribution < -0.4 is 5.32 Å². The molecular formula is C17H22N2S. The summed E-state index contributed by atoms with van der Waals surface area (Å²) in [5.74, 6) is 0. The van der Waals surface area contributed by atoms with Crippen molar-refractivity contribution in [2.45, 2.75) is 43.7 Å². The predicted molar refractivity (Wildman–Crippen MR) is 86.4 cm³/mol. The molecule has 0 spiro atoms. The van der Waals surface area contributed by atoms with E-state index in [1.165, 1.54) is 21.6 Å². The molecule has 1 unspecified atom stereocenters. The van der Waals surface area contributed by atoms with Crippen LogP contribution in [0.25, 0.3) is 0 Å². The summed E-state index contributed by atoms with van der Waals surface area (Å²) in [7, 11) is 0. The fraction of sp³-hybridized carbons (Fsp3) is 0.353. The number of nitrogens with one attached hydrogen (secondary N) is 1. The van der Waals surface area contributed by atoms with Gasteiger partial charge in [0.2, 0.25) is 0 Å². The SMILES string of the molecule is CCNC(C)c1ccc(Sc2cc(C)ccc2C)nc1. The molecule has 1 aromatic carbocycles. The molecule has 0 aliphatic heterocycles. The summed E-state index contributed by atoms with van der Waals surface area (Å²) in [4.78, 5) is 5.85. The first-order valence-electron chi connectivity index (χ1n) is 7.04. The number of rotatable bonds is 5. The van der Waals surface area contributed by atoms with Crippen LogP contribution in [0.1, 0.15) is 36.6 Å². The van der Waals surface area contributed by atoms with E-state index in [2.05, 4.69) is 68.3 Å². The zero-order chi connectivity index (χ0) is 14.5. The second kappa shape index (κ2) is 6.91. The Morgan fingerprint density at radius 3 is 2.65 bits per heavy atom. The van der Waals surface area contributed by atoms with Gasteiger partial charge in [-0.15, -0.1) is 0 Å². The van der Waals surface area contributed by atoms with Gasteiger partial charge >= 0.3 is 0 Å². The first-order valence-corrected chi connectivity index (χ1v) is 7.86. The minimum absolute atomic E-state index is 0.354. The van der Waals surface area contributed by atoms with Gasteiger partial charge in [-0.25, -0.2) is 4.98 Å². The molecule has 2 aromatic rings. The Bertz CT molecular complexity index is 564. The van der Waals surface area contributed by atoms with Crippen LogP contribution in [0.3, 0.4) is 0 Å². The lowest BCUT2D eigenvalue weighted by Crippen LogP contribution is -2.17. The zero-order valence-electron chi connectivity index (χ0n) is 12.6. The monoisotopic (exact) mass is 286 g/mol. The molecule has 0 saturated carbocycles. The van der Waals surface area contributed by atoms with Gasteiger partial charge in [-0.05, 0) is 56.1 Å². The van der Waals surface area contributed by atoms with E-state index in [4.69, 9.17) is 0 Å². The highest BCUT2D eigenvalue weighted by atomic mass is 32.2. The maximum atomic E-state index is 4.57. The van der Waals surface area contributed by atoms with Crippen molar-refractivity contribution in [3.63, 3.8) is 0 Å². The number of pyridine rings is 1. The van der Waals surface area contributed by atoms with Gasteiger partial charge in [-0.1, -0.05) is 36.9 Å². The molecule has 0 bridgehead atoms. The normalized spacial score (nSPS) is 12.4. The third-order valence-corrected chi connectivity index (χ3v) is 4.44. The number of aryl methyl sites for hydroxylation is 2. The summed E-state index contributed by atoms with van der Waals surface area (Å²) in [5.41, 5.74) is 3.82. The van der Waals surface area contributed by atoms with Crippen LogP contribution in [-0.4, -0.2) is 11.5 Å². The van der Waals surface area contributed by atoms with Gasteiger partial charge in [0.25, 0.3) is 0 Å². The van der Waals surface area contributed by atoms with E-state index in [0.29, 0.717) is 6.04 Å². The molecule has 0 aliphatic carbocycles. The van der Waals surface area contributed by atoms with Crippen molar-refractivity contribution in [2.75, 3.05) is 6.54 Å². The van der Waals surface area contributed by atoms with E-state index in [9.17, 15) is 0 Å². The Kier molecular flexibility index (Phi) is 5.21. The molecule has 0 amide bonds. The summed E-state index contributed by atoms with van der Waals surface area (Å²) in [6.07, 6.45) is 1.97. The predicted octanol–water partition coefficient (Wildman–Crippen LogP) is 4.52. The lowest BCUT2D eigenvalue weighted by molar-refractivity contribution is 0.595. The van der Waals surface area contributed by atoms with Crippen LogP contribution in [0.15, 0.2) is 46.5 Å². The molecule has 106 valence electrons. The fourth-order valence-corrected chi connectivity index (χ4v) is 3.00. The molecule has 2 rings (SSSR count). The van der Waals surface area contributed by atoms with Gasteiger partial charge in [0.1, 0.15) is 5.03 Å². The van der Waals surface area contributed by atoms with E-state index in [1.807, 2.05) is 6.20 Å². The average molecular weight is 286 g/mol. The minimum atomic E-state index is 0.354. The Morgan fingerprint density at radius 2 is 2.00 bits per heavy atom. The molecule has 1 heterocycles. The lowest BCUT2D eigenvalue weighted by Gasteiger charge is -2.12. The van der Waals surface area contributed by atoms with Crippen molar-refractivity contribution >= 4 is 11.8 Å². The van der Waals surface area contributed by atoms with Gasteiger partial charge in [-0.2, -0.15) is 0 Å². The molecule has 0 saturated heterocycles. The zero-order valence-corrected chi connectivity index (χ0v) is 13.4. The van der Waals surface area contributed by atoms with E-state index >= 15 is 0 Å². The molecule has 1 atom stereocenters. The van der Waals surface area contributed by atoms with E-state index < -0.39 is 0 Å². The van der Waals surface area contributed by atoms with Crippen molar-refractivity contribution in [2.24, 2.45) is 0 Å². The van der Waals surface area contributed by atoms with Crippen molar-refractivity contribution < 1.29 is 0 Å². The van der Waals surface area contributed by atoms with Crippen LogP contribution in [-0.2, 0) is 0 Å². The van der Waals surface area contributed by atoms with Crippen molar-refractivity contribution in [1.82, 2.24) is 10.3 Å². The van der Waals surface area contributed by atoms with Crippen LogP contribution in [0, 0.1) is 13.8 Å². The highest BCUT2D eigenvalue weighted by Crippen LogP contribution is 2.30. The number of nitrogens with zero attached hydrogens (tertiary/aromatic N) is 1. The smallest absolute Gasteiger partial charge is 0.101 e. The second-order valence-electron chi connectivity index (χ2n) is 5.08. The Morgan fingerprint density at radius 1 is 1.20 bits per heavy atom. The first kappa shape index (κ1) is 15.1. The second-order valence-corrected chi connectivity index (χ2v) is 6.14. The Labute approximate surface area is 126 Å². The van der Waals surface area contributed by atoms with Gasteiger partial charge in [-0.3, -0.25) is 0 Å². The molecule has 1 N–H and O–H groups in total. The Hall–Kier alpha value is -1.32. The van der Waals surface area contributed by atoms with Crippen LogP contribution in [0.4, 0.5) is 0 Å². The summed E-state index contributed by atoms with van der Waals surface area (Å²) in [6.45, 7) is 9.52. The number of aromatic nitrogens is 1. The largest absolute Gasteiger partial charge is 0.310 e. The highest BCUT2D eigenvalue weighted by molar-refractivity contribution is 7.99. The summed E-state index contributed by atoms with van der Waals surface area (Å²) < 4.78 is 0. The van der Waals surface area contributed by atoms with E-state index in [1.54, 1.807) is 11.8 Å². The van der Waals surface area contributed by atoms with Gasteiger partial charge in [0, 0.05) is 17.1 Å². The molecule has 1 aromatic heterocycles. The van der Waals surface area contributed by atoms with Gasteiger partial charge in [0.05, 0.1) is 0 Å². The van der Waals surface area contributed by atoms with Crippen LogP contribution in [0.2, 0.25) is 0 Å². The van der Waals surface area contributed by atoms with Crippen molar-refractivity contribution in [1.29, 1.82) is 0 Å². The lowest BCUT2D eigenvalue weighted by atomic mass is 10.1. The van der Waals surface area contributed by atoms with Crippen molar-refractivity contribution in [3.05, 3.63) is 53.2 Å². The fourth-order valence-electron chi connectivity index (χ4n) is 2.06. The molecule has 3 heteroatoms. The molecule has 0 aliphatic rings. The van der Waals surface area contributed by atoms with E-state index in [-0.39, 0.29) is 0 Å². The maximum absolute atomic E-state index is 4.57. The maximum Gasteiger partial charge on any atom is 0.101 e. The van der Waals surface area contributed by atoms with Gasteiger partial charge < -0.3 is 5.32 Å². The summed E-state index contributed by atoms with van der Waals surface area (Å²) in [5, 5.41) is 4.45. The average Bonchev–Trinajstić information content (AvgIpc) is 2.44. The molecule has 2 nitrogen and oxygen atoms in total. The van der Waals surface area contributed by atoms with Crippen molar-refractivity contribution in [3.8, 4) is 0 Å². The minimum Gasteiger partial charge on any atom is -0.310 e. The molecule has 0 fully saturated rings. The number of hydrogen-bond acceptors (Lipinski definition) is 3. The quantitative estimate of drug-likeness (QED) is 0.874.